The molecule has 0 saturated heterocycles. The minimum atomic E-state index is -0.150. The van der Waals surface area contributed by atoms with Crippen molar-refractivity contribution in [1.29, 1.82) is 5.26 Å². The Morgan fingerprint density at radius 1 is 1.62 bits per heavy atom. The van der Waals surface area contributed by atoms with Crippen LogP contribution < -0.4 is 0 Å². The number of aromatic nitrogens is 2. The molecule has 0 aromatic carbocycles. The van der Waals surface area contributed by atoms with Crippen molar-refractivity contribution in [2.24, 2.45) is 0 Å². The van der Waals surface area contributed by atoms with E-state index in [1.807, 2.05) is 26.8 Å². The van der Waals surface area contributed by atoms with Crippen molar-refractivity contribution < 1.29 is 4.79 Å². The first kappa shape index (κ1) is 12.6. The van der Waals surface area contributed by atoms with Gasteiger partial charge in [-0.05, 0) is 24.4 Å². The highest BCUT2D eigenvalue weighted by atomic mass is 32.1. The summed E-state index contributed by atoms with van der Waals surface area (Å²) in [6.07, 6.45) is 0. The maximum atomic E-state index is 12.1. The molecule has 0 saturated carbocycles. The number of rotatable bonds is 4. The van der Waals surface area contributed by atoms with Crippen LogP contribution in [0, 0.1) is 11.3 Å². The molecule has 6 heteroatoms. The molecule has 0 atom stereocenters. The SMILES string of the molecule is CCN(CC#N)C(=O)c1snnc1C(C)C. The smallest absolute Gasteiger partial charge is 0.268 e. The third kappa shape index (κ3) is 2.55. The van der Waals surface area contributed by atoms with Crippen LogP contribution in [-0.4, -0.2) is 33.5 Å². The first-order valence-corrected chi connectivity index (χ1v) is 5.87. The Bertz CT molecular complexity index is 407. The van der Waals surface area contributed by atoms with E-state index in [-0.39, 0.29) is 18.4 Å². The van der Waals surface area contributed by atoms with Gasteiger partial charge in [0.25, 0.3) is 5.91 Å². The van der Waals surface area contributed by atoms with Crippen LogP contribution >= 0.6 is 11.5 Å². The van der Waals surface area contributed by atoms with E-state index in [0.29, 0.717) is 17.1 Å². The van der Waals surface area contributed by atoms with Gasteiger partial charge >= 0.3 is 0 Å². The molecule has 0 aliphatic rings. The number of hydrogen-bond acceptors (Lipinski definition) is 5. The summed E-state index contributed by atoms with van der Waals surface area (Å²) in [7, 11) is 0. The Morgan fingerprint density at radius 2 is 2.31 bits per heavy atom. The third-order valence-electron chi connectivity index (χ3n) is 2.18. The Labute approximate surface area is 98.9 Å². The summed E-state index contributed by atoms with van der Waals surface area (Å²) in [5.41, 5.74) is 0.714. The largest absolute Gasteiger partial charge is 0.325 e. The lowest BCUT2D eigenvalue weighted by Crippen LogP contribution is -2.31. The summed E-state index contributed by atoms with van der Waals surface area (Å²) in [5, 5.41) is 12.6. The molecule has 0 unspecified atom stereocenters. The number of hydrogen-bond donors (Lipinski definition) is 0. The molecule has 1 rings (SSSR count). The van der Waals surface area contributed by atoms with Gasteiger partial charge in [-0.2, -0.15) is 5.26 Å². The van der Waals surface area contributed by atoms with Crippen molar-refractivity contribution in [3.63, 3.8) is 0 Å². The Morgan fingerprint density at radius 3 is 2.81 bits per heavy atom. The summed E-state index contributed by atoms with van der Waals surface area (Å²) in [6, 6.07) is 1.98. The van der Waals surface area contributed by atoms with E-state index >= 15 is 0 Å². The monoisotopic (exact) mass is 238 g/mol. The Balaban J connectivity index is 2.95. The van der Waals surface area contributed by atoms with Crippen molar-refractivity contribution >= 4 is 17.4 Å². The molecule has 0 aliphatic carbocycles. The van der Waals surface area contributed by atoms with E-state index < -0.39 is 0 Å². The fraction of sp³-hybridized carbons (Fsp3) is 0.600. The lowest BCUT2D eigenvalue weighted by atomic mass is 10.1. The van der Waals surface area contributed by atoms with Gasteiger partial charge in [0.1, 0.15) is 11.4 Å². The molecule has 5 nitrogen and oxygen atoms in total. The average molecular weight is 238 g/mol. The average Bonchev–Trinajstić information content (AvgIpc) is 2.73. The standard InChI is InChI=1S/C10H14N4OS/c1-4-14(6-5-11)10(15)9-8(7(2)3)12-13-16-9/h7H,4,6H2,1-3H3. The summed E-state index contributed by atoms with van der Waals surface area (Å²) in [4.78, 5) is 14.1. The molecule has 0 radical (unpaired) electrons. The first-order chi connectivity index (χ1) is 7.61. The minimum Gasteiger partial charge on any atom is -0.325 e. The van der Waals surface area contributed by atoms with Crippen molar-refractivity contribution in [2.45, 2.75) is 26.7 Å². The summed E-state index contributed by atoms with van der Waals surface area (Å²) < 4.78 is 3.80. The Kier molecular flexibility index (Phi) is 4.38. The van der Waals surface area contributed by atoms with Crippen molar-refractivity contribution in [2.75, 3.05) is 13.1 Å². The van der Waals surface area contributed by atoms with E-state index in [1.165, 1.54) is 4.90 Å². The molecular weight excluding hydrogens is 224 g/mol. The molecule has 0 bridgehead atoms. The predicted molar refractivity (Wildman–Crippen MR) is 61.2 cm³/mol. The summed E-state index contributed by atoms with van der Waals surface area (Å²) >= 11 is 1.09. The van der Waals surface area contributed by atoms with Crippen LogP contribution in [0.15, 0.2) is 0 Å². The lowest BCUT2D eigenvalue weighted by Gasteiger charge is -2.16. The zero-order valence-corrected chi connectivity index (χ0v) is 10.4. The van der Waals surface area contributed by atoms with Crippen molar-refractivity contribution in [3.05, 3.63) is 10.6 Å². The maximum Gasteiger partial charge on any atom is 0.268 e. The van der Waals surface area contributed by atoms with Gasteiger partial charge in [-0.25, -0.2) is 0 Å². The molecule has 1 aromatic heterocycles. The van der Waals surface area contributed by atoms with E-state index in [2.05, 4.69) is 9.59 Å². The number of nitriles is 1. The fourth-order valence-corrected chi connectivity index (χ4v) is 2.07. The molecule has 0 fully saturated rings. The van der Waals surface area contributed by atoms with Gasteiger partial charge in [-0.1, -0.05) is 18.3 Å². The number of carbonyl (C=O) groups is 1. The first-order valence-electron chi connectivity index (χ1n) is 5.10. The normalized spacial score (nSPS) is 10.2. The molecule has 0 N–H and O–H groups in total. The highest BCUT2D eigenvalue weighted by Gasteiger charge is 2.22. The molecule has 86 valence electrons. The molecule has 0 aliphatic heterocycles. The number of amides is 1. The van der Waals surface area contributed by atoms with E-state index in [1.54, 1.807) is 0 Å². The van der Waals surface area contributed by atoms with Gasteiger partial charge in [0, 0.05) is 6.54 Å². The zero-order valence-electron chi connectivity index (χ0n) is 9.60. The van der Waals surface area contributed by atoms with Crippen LogP contribution in [0.3, 0.4) is 0 Å². The van der Waals surface area contributed by atoms with Gasteiger partial charge in [0.15, 0.2) is 0 Å². The summed E-state index contributed by atoms with van der Waals surface area (Å²) in [6.45, 7) is 6.40. The highest BCUT2D eigenvalue weighted by molar-refractivity contribution is 7.08. The van der Waals surface area contributed by atoms with Gasteiger partial charge in [-0.15, -0.1) is 5.10 Å². The van der Waals surface area contributed by atoms with Gasteiger partial charge < -0.3 is 4.90 Å². The highest BCUT2D eigenvalue weighted by Crippen LogP contribution is 2.21. The molecule has 1 aromatic rings. The van der Waals surface area contributed by atoms with E-state index in [4.69, 9.17) is 5.26 Å². The second-order valence-corrected chi connectivity index (χ2v) is 4.37. The molecular formula is C10H14N4OS. The van der Waals surface area contributed by atoms with Gasteiger partial charge in [0.2, 0.25) is 0 Å². The minimum absolute atomic E-state index is 0.102. The molecule has 1 amide bonds. The third-order valence-corrected chi connectivity index (χ3v) is 2.91. The second kappa shape index (κ2) is 5.56. The van der Waals surface area contributed by atoms with Crippen LogP contribution in [0.25, 0.3) is 0 Å². The quantitative estimate of drug-likeness (QED) is 0.748. The maximum absolute atomic E-state index is 12.1. The van der Waals surface area contributed by atoms with Crippen molar-refractivity contribution in [3.8, 4) is 6.07 Å². The van der Waals surface area contributed by atoms with Crippen LogP contribution in [0.1, 0.15) is 42.1 Å². The van der Waals surface area contributed by atoms with Crippen LogP contribution in [0.2, 0.25) is 0 Å². The number of nitrogens with zero attached hydrogens (tertiary/aromatic N) is 4. The summed E-state index contributed by atoms with van der Waals surface area (Å²) in [5.74, 6) is 0.0150. The van der Waals surface area contributed by atoms with Gasteiger partial charge in [0.05, 0.1) is 11.8 Å². The van der Waals surface area contributed by atoms with Crippen LogP contribution in [0.4, 0.5) is 0 Å². The van der Waals surface area contributed by atoms with Crippen molar-refractivity contribution in [1.82, 2.24) is 14.5 Å². The molecule has 1 heterocycles. The predicted octanol–water partition coefficient (Wildman–Crippen LogP) is 1.65. The van der Waals surface area contributed by atoms with E-state index in [9.17, 15) is 4.79 Å². The second-order valence-electron chi connectivity index (χ2n) is 3.62. The topological polar surface area (TPSA) is 69.9 Å². The fourth-order valence-electron chi connectivity index (χ4n) is 1.28. The number of carbonyl (C=O) groups excluding carboxylic acids is 1. The lowest BCUT2D eigenvalue weighted by molar-refractivity contribution is 0.0787. The Hall–Kier alpha value is -1.48. The molecule has 0 spiro atoms. The van der Waals surface area contributed by atoms with Crippen LogP contribution in [0.5, 0.6) is 0 Å². The van der Waals surface area contributed by atoms with Crippen LogP contribution in [-0.2, 0) is 0 Å². The molecule has 16 heavy (non-hydrogen) atoms. The van der Waals surface area contributed by atoms with Gasteiger partial charge in [-0.3, -0.25) is 4.79 Å². The van der Waals surface area contributed by atoms with E-state index in [0.717, 1.165) is 11.5 Å². The zero-order chi connectivity index (χ0) is 12.1.